The van der Waals surface area contributed by atoms with Gasteiger partial charge in [-0.3, -0.25) is 4.79 Å². The van der Waals surface area contributed by atoms with Gasteiger partial charge in [-0.25, -0.2) is 4.39 Å². The molecule has 0 saturated carbocycles. The largest absolute Gasteiger partial charge is 0.370 e. The molecule has 2 aromatic rings. The highest BCUT2D eigenvalue weighted by Crippen LogP contribution is 2.42. The van der Waals surface area contributed by atoms with Gasteiger partial charge in [0.2, 0.25) is 5.91 Å². The fourth-order valence-corrected chi connectivity index (χ4v) is 4.26. The van der Waals surface area contributed by atoms with Gasteiger partial charge in [-0.15, -0.1) is 11.8 Å². The van der Waals surface area contributed by atoms with E-state index in [0.29, 0.717) is 13.0 Å². The Labute approximate surface area is 158 Å². The van der Waals surface area contributed by atoms with Gasteiger partial charge in [-0.2, -0.15) is 0 Å². The standard InChI is InChI=1S/C21H25FN2OS/c1-26-19-8-4-17(5-9-19)21(16-2-6-18(22)7-3-16)11-14-24(15-12-21)13-10-20(23)25/h2-9H,10-15H2,1H3,(H2,23,25). The molecule has 0 spiro atoms. The van der Waals surface area contributed by atoms with Crippen LogP contribution in [0.5, 0.6) is 0 Å². The second kappa shape index (κ2) is 8.23. The number of nitrogens with zero attached hydrogens (tertiary/aromatic N) is 1. The number of halogens is 1. The summed E-state index contributed by atoms with van der Waals surface area (Å²) in [6.45, 7) is 2.50. The van der Waals surface area contributed by atoms with Gasteiger partial charge in [-0.1, -0.05) is 24.3 Å². The molecule has 0 unspecified atom stereocenters. The Bertz CT molecular complexity index is 738. The lowest BCUT2D eigenvalue weighted by atomic mass is 9.68. The Hall–Kier alpha value is -1.85. The Kier molecular flexibility index (Phi) is 5.99. The highest BCUT2D eigenvalue weighted by Gasteiger charge is 2.37. The van der Waals surface area contributed by atoms with Crippen LogP contribution < -0.4 is 5.73 Å². The summed E-state index contributed by atoms with van der Waals surface area (Å²) in [5, 5.41) is 0. The summed E-state index contributed by atoms with van der Waals surface area (Å²) < 4.78 is 13.5. The second-order valence-corrected chi connectivity index (χ2v) is 7.76. The Balaban J connectivity index is 1.88. The molecule has 2 N–H and O–H groups in total. The van der Waals surface area contributed by atoms with Crippen LogP contribution >= 0.6 is 11.8 Å². The number of nitrogens with two attached hydrogens (primary N) is 1. The number of thioether (sulfide) groups is 1. The van der Waals surface area contributed by atoms with E-state index in [1.807, 2.05) is 12.1 Å². The third-order valence-corrected chi connectivity index (χ3v) is 6.17. The average molecular weight is 373 g/mol. The molecule has 1 saturated heterocycles. The van der Waals surface area contributed by atoms with Crippen LogP contribution in [-0.2, 0) is 10.2 Å². The van der Waals surface area contributed by atoms with Gasteiger partial charge < -0.3 is 10.6 Å². The van der Waals surface area contributed by atoms with E-state index in [0.717, 1.165) is 31.5 Å². The summed E-state index contributed by atoms with van der Waals surface area (Å²) in [5.74, 6) is -0.464. The molecule has 26 heavy (non-hydrogen) atoms. The Morgan fingerprint density at radius 3 is 2.12 bits per heavy atom. The normalized spacial score (nSPS) is 17.2. The van der Waals surface area contributed by atoms with Crippen molar-refractivity contribution in [3.63, 3.8) is 0 Å². The highest BCUT2D eigenvalue weighted by atomic mass is 32.2. The quantitative estimate of drug-likeness (QED) is 0.785. The molecule has 5 heteroatoms. The number of hydrogen-bond acceptors (Lipinski definition) is 3. The van der Waals surface area contributed by atoms with Crippen molar-refractivity contribution in [3.8, 4) is 0 Å². The van der Waals surface area contributed by atoms with E-state index in [9.17, 15) is 9.18 Å². The van der Waals surface area contributed by atoms with Gasteiger partial charge in [0, 0.05) is 23.3 Å². The van der Waals surface area contributed by atoms with Gasteiger partial charge in [0.25, 0.3) is 0 Å². The maximum atomic E-state index is 13.5. The van der Waals surface area contributed by atoms with Gasteiger partial charge in [-0.05, 0) is 67.6 Å². The van der Waals surface area contributed by atoms with Crippen LogP contribution in [0.25, 0.3) is 0 Å². The molecule has 1 aliphatic rings. The van der Waals surface area contributed by atoms with Crippen LogP contribution in [0.1, 0.15) is 30.4 Å². The molecule has 1 fully saturated rings. The number of primary amides is 1. The van der Waals surface area contributed by atoms with Crippen LogP contribution in [0.4, 0.5) is 4.39 Å². The summed E-state index contributed by atoms with van der Waals surface area (Å²) in [6, 6.07) is 15.6. The first-order valence-electron chi connectivity index (χ1n) is 8.95. The topological polar surface area (TPSA) is 46.3 Å². The lowest BCUT2D eigenvalue weighted by Gasteiger charge is -2.43. The summed E-state index contributed by atoms with van der Waals surface area (Å²) in [6.07, 6.45) is 4.35. The van der Waals surface area contributed by atoms with E-state index >= 15 is 0 Å². The first-order valence-corrected chi connectivity index (χ1v) is 10.2. The van der Waals surface area contributed by atoms with Crippen molar-refractivity contribution in [1.29, 1.82) is 0 Å². The summed E-state index contributed by atoms with van der Waals surface area (Å²) >= 11 is 1.73. The number of benzene rings is 2. The van der Waals surface area contributed by atoms with Gasteiger partial charge >= 0.3 is 0 Å². The van der Waals surface area contributed by atoms with E-state index in [2.05, 4.69) is 35.4 Å². The summed E-state index contributed by atoms with van der Waals surface area (Å²) in [7, 11) is 0. The second-order valence-electron chi connectivity index (χ2n) is 6.88. The third kappa shape index (κ3) is 4.10. The zero-order chi connectivity index (χ0) is 18.6. The van der Waals surface area contributed by atoms with Crippen molar-refractivity contribution in [2.45, 2.75) is 29.6 Å². The lowest BCUT2D eigenvalue weighted by molar-refractivity contribution is -0.118. The van der Waals surface area contributed by atoms with Gasteiger partial charge in [0.15, 0.2) is 0 Å². The van der Waals surface area contributed by atoms with Crippen molar-refractivity contribution in [2.75, 3.05) is 25.9 Å². The van der Waals surface area contributed by atoms with E-state index in [-0.39, 0.29) is 17.1 Å². The predicted molar refractivity (Wildman–Crippen MR) is 105 cm³/mol. The Morgan fingerprint density at radius 2 is 1.62 bits per heavy atom. The number of amides is 1. The summed E-state index contributed by atoms with van der Waals surface area (Å²) in [4.78, 5) is 14.6. The van der Waals surface area contributed by atoms with E-state index in [4.69, 9.17) is 5.73 Å². The molecule has 2 aromatic carbocycles. The summed E-state index contributed by atoms with van der Waals surface area (Å²) in [5.41, 5.74) is 7.60. The van der Waals surface area contributed by atoms with E-state index in [1.165, 1.54) is 10.5 Å². The minimum atomic E-state index is -0.256. The SMILES string of the molecule is CSc1ccc(C2(c3ccc(F)cc3)CCN(CCC(N)=O)CC2)cc1. The molecule has 3 rings (SSSR count). The molecule has 0 aromatic heterocycles. The molecule has 1 heterocycles. The zero-order valence-electron chi connectivity index (χ0n) is 15.1. The van der Waals surface area contributed by atoms with Crippen LogP contribution in [0.15, 0.2) is 53.4 Å². The number of piperidine rings is 1. The molecule has 3 nitrogen and oxygen atoms in total. The minimum Gasteiger partial charge on any atom is -0.370 e. The van der Waals surface area contributed by atoms with Crippen LogP contribution in [0, 0.1) is 5.82 Å². The van der Waals surface area contributed by atoms with Gasteiger partial charge in [0.05, 0.1) is 0 Å². The number of likely N-dealkylation sites (tertiary alicyclic amines) is 1. The minimum absolute atomic E-state index is 0.117. The monoisotopic (exact) mass is 372 g/mol. The van der Waals surface area contributed by atoms with Crippen LogP contribution in [-0.4, -0.2) is 36.7 Å². The molecule has 1 aliphatic heterocycles. The highest BCUT2D eigenvalue weighted by molar-refractivity contribution is 7.98. The molecular weight excluding hydrogens is 347 g/mol. The smallest absolute Gasteiger partial charge is 0.218 e. The molecule has 138 valence electrons. The maximum Gasteiger partial charge on any atom is 0.218 e. The first kappa shape index (κ1) is 18.9. The lowest BCUT2D eigenvalue weighted by Crippen LogP contribution is -2.44. The predicted octanol–water partition coefficient (Wildman–Crippen LogP) is 3.80. The van der Waals surface area contributed by atoms with Crippen molar-refractivity contribution in [3.05, 3.63) is 65.5 Å². The fourth-order valence-electron chi connectivity index (χ4n) is 3.85. The number of rotatable bonds is 6. The first-order chi connectivity index (χ1) is 12.5. The number of carbonyl (C=O) groups excluding carboxylic acids is 1. The number of carbonyl (C=O) groups is 1. The Morgan fingerprint density at radius 1 is 1.08 bits per heavy atom. The molecule has 0 radical (unpaired) electrons. The van der Waals surface area contributed by atoms with Crippen LogP contribution in [0.2, 0.25) is 0 Å². The van der Waals surface area contributed by atoms with Crippen molar-refractivity contribution in [1.82, 2.24) is 4.90 Å². The van der Waals surface area contributed by atoms with Crippen LogP contribution in [0.3, 0.4) is 0 Å². The van der Waals surface area contributed by atoms with Crippen molar-refractivity contribution < 1.29 is 9.18 Å². The number of hydrogen-bond donors (Lipinski definition) is 1. The molecule has 1 amide bonds. The molecule has 0 atom stereocenters. The zero-order valence-corrected chi connectivity index (χ0v) is 15.9. The third-order valence-electron chi connectivity index (χ3n) is 5.42. The maximum absolute atomic E-state index is 13.5. The fraction of sp³-hybridized carbons (Fsp3) is 0.381. The average Bonchev–Trinajstić information content (AvgIpc) is 2.67. The van der Waals surface area contributed by atoms with Crippen molar-refractivity contribution in [2.24, 2.45) is 5.73 Å². The molecule has 0 bridgehead atoms. The van der Waals surface area contributed by atoms with Gasteiger partial charge in [0.1, 0.15) is 5.82 Å². The van der Waals surface area contributed by atoms with E-state index < -0.39 is 0 Å². The van der Waals surface area contributed by atoms with Crippen molar-refractivity contribution >= 4 is 17.7 Å². The molecule has 0 aliphatic carbocycles. The van der Waals surface area contributed by atoms with E-state index in [1.54, 1.807) is 23.9 Å². The molecular formula is C21H25FN2OS.